The van der Waals surface area contributed by atoms with Gasteiger partial charge < -0.3 is 14.2 Å². The maximum absolute atomic E-state index is 12.1. The molecule has 3 heterocycles. The van der Waals surface area contributed by atoms with Crippen molar-refractivity contribution in [3.05, 3.63) is 30.5 Å². The molecule has 0 saturated carbocycles. The van der Waals surface area contributed by atoms with Gasteiger partial charge in [-0.25, -0.2) is 0 Å². The van der Waals surface area contributed by atoms with Gasteiger partial charge in [-0.15, -0.1) is 10.2 Å². The summed E-state index contributed by atoms with van der Waals surface area (Å²) in [6, 6.07) is 7.56. The van der Waals surface area contributed by atoms with Crippen LogP contribution in [0.4, 0.5) is 5.82 Å². The molecule has 6 heteroatoms. The first-order valence-electron chi connectivity index (χ1n) is 8.04. The van der Waals surface area contributed by atoms with Crippen LogP contribution >= 0.6 is 0 Å². The highest BCUT2D eigenvalue weighted by Gasteiger charge is 2.22. The summed E-state index contributed by atoms with van der Waals surface area (Å²) in [5.41, 5.74) is 0.726. The lowest BCUT2D eigenvalue weighted by Crippen LogP contribution is -2.49. The van der Waals surface area contributed by atoms with Crippen LogP contribution in [0.25, 0.3) is 11.5 Å². The third-order valence-corrected chi connectivity index (χ3v) is 3.96. The summed E-state index contributed by atoms with van der Waals surface area (Å²) in [7, 11) is 0. The number of rotatable bonds is 4. The summed E-state index contributed by atoms with van der Waals surface area (Å²) >= 11 is 0. The second-order valence-corrected chi connectivity index (χ2v) is 6.22. The standard InChI is InChI=1S/C17H22N4O2/c1-13(2)12-17(22)21-9-7-20(8-10-21)16-6-5-14(18-19-16)15-4-3-11-23-15/h3-6,11,13H,7-10,12H2,1-2H3. The molecule has 1 aliphatic rings. The number of furan rings is 1. The van der Waals surface area contributed by atoms with Crippen molar-refractivity contribution in [2.45, 2.75) is 20.3 Å². The molecule has 2 aromatic rings. The number of hydrogen-bond acceptors (Lipinski definition) is 5. The molecule has 1 saturated heterocycles. The predicted molar refractivity (Wildman–Crippen MR) is 88.0 cm³/mol. The molecular weight excluding hydrogens is 292 g/mol. The smallest absolute Gasteiger partial charge is 0.222 e. The fourth-order valence-corrected chi connectivity index (χ4v) is 2.71. The van der Waals surface area contributed by atoms with E-state index in [1.165, 1.54) is 0 Å². The molecule has 0 atom stereocenters. The minimum atomic E-state index is 0.249. The maximum Gasteiger partial charge on any atom is 0.222 e. The summed E-state index contributed by atoms with van der Waals surface area (Å²) in [4.78, 5) is 16.2. The summed E-state index contributed by atoms with van der Waals surface area (Å²) in [5.74, 6) is 2.21. The predicted octanol–water partition coefficient (Wildman–Crippen LogP) is 2.43. The zero-order chi connectivity index (χ0) is 16.2. The van der Waals surface area contributed by atoms with Gasteiger partial charge in [0.25, 0.3) is 0 Å². The van der Waals surface area contributed by atoms with Crippen molar-refractivity contribution in [1.29, 1.82) is 0 Å². The lowest BCUT2D eigenvalue weighted by molar-refractivity contribution is -0.132. The van der Waals surface area contributed by atoms with E-state index in [2.05, 4.69) is 28.9 Å². The first-order chi connectivity index (χ1) is 11.1. The molecule has 1 amide bonds. The van der Waals surface area contributed by atoms with Gasteiger partial charge in [0.05, 0.1) is 6.26 Å². The topological polar surface area (TPSA) is 62.5 Å². The van der Waals surface area contributed by atoms with Gasteiger partial charge in [0.2, 0.25) is 5.91 Å². The molecule has 0 aromatic carbocycles. The van der Waals surface area contributed by atoms with Crippen molar-refractivity contribution >= 4 is 11.7 Å². The molecule has 122 valence electrons. The second kappa shape index (κ2) is 6.81. The van der Waals surface area contributed by atoms with Gasteiger partial charge in [0, 0.05) is 32.6 Å². The average molecular weight is 314 g/mol. The van der Waals surface area contributed by atoms with Gasteiger partial charge in [-0.3, -0.25) is 4.79 Å². The monoisotopic (exact) mass is 314 g/mol. The summed E-state index contributed by atoms with van der Waals surface area (Å²) < 4.78 is 5.32. The van der Waals surface area contributed by atoms with Crippen LogP contribution in [0.3, 0.4) is 0 Å². The van der Waals surface area contributed by atoms with Gasteiger partial charge >= 0.3 is 0 Å². The zero-order valence-electron chi connectivity index (χ0n) is 13.6. The quantitative estimate of drug-likeness (QED) is 0.867. The van der Waals surface area contributed by atoms with Crippen LogP contribution in [0.2, 0.25) is 0 Å². The lowest BCUT2D eigenvalue weighted by Gasteiger charge is -2.35. The summed E-state index contributed by atoms with van der Waals surface area (Å²) in [6.07, 6.45) is 2.25. The number of hydrogen-bond donors (Lipinski definition) is 0. The van der Waals surface area contributed by atoms with Crippen molar-refractivity contribution in [3.63, 3.8) is 0 Å². The molecule has 0 unspecified atom stereocenters. The minimum Gasteiger partial charge on any atom is -0.463 e. The highest BCUT2D eigenvalue weighted by molar-refractivity contribution is 5.76. The van der Waals surface area contributed by atoms with Crippen molar-refractivity contribution < 1.29 is 9.21 Å². The van der Waals surface area contributed by atoms with Gasteiger partial charge in [-0.1, -0.05) is 13.8 Å². The highest BCUT2D eigenvalue weighted by Crippen LogP contribution is 2.19. The van der Waals surface area contributed by atoms with Crippen LogP contribution in [-0.4, -0.2) is 47.2 Å². The largest absolute Gasteiger partial charge is 0.463 e. The van der Waals surface area contributed by atoms with E-state index in [-0.39, 0.29) is 5.91 Å². The number of carbonyl (C=O) groups is 1. The fourth-order valence-electron chi connectivity index (χ4n) is 2.71. The van der Waals surface area contributed by atoms with Gasteiger partial charge in [-0.2, -0.15) is 0 Å². The molecular formula is C17H22N4O2. The van der Waals surface area contributed by atoms with Crippen LogP contribution < -0.4 is 4.90 Å². The Hall–Kier alpha value is -2.37. The van der Waals surface area contributed by atoms with Crippen LogP contribution in [0.5, 0.6) is 0 Å². The Morgan fingerprint density at radius 3 is 2.52 bits per heavy atom. The second-order valence-electron chi connectivity index (χ2n) is 6.22. The van der Waals surface area contributed by atoms with E-state index in [9.17, 15) is 4.79 Å². The van der Waals surface area contributed by atoms with Gasteiger partial charge in [0.1, 0.15) is 5.69 Å². The Bertz CT molecular complexity index is 629. The average Bonchev–Trinajstić information content (AvgIpc) is 3.09. The molecule has 1 fully saturated rings. The summed E-state index contributed by atoms with van der Waals surface area (Å²) in [5, 5.41) is 8.51. The minimum absolute atomic E-state index is 0.249. The molecule has 0 spiro atoms. The maximum atomic E-state index is 12.1. The van der Waals surface area contributed by atoms with Gasteiger partial charge in [-0.05, 0) is 30.2 Å². The number of amides is 1. The van der Waals surface area contributed by atoms with Crippen molar-refractivity contribution in [1.82, 2.24) is 15.1 Å². The molecule has 3 rings (SSSR count). The van der Waals surface area contributed by atoms with E-state index in [0.29, 0.717) is 18.1 Å². The van der Waals surface area contributed by atoms with Crippen LogP contribution in [0.15, 0.2) is 34.9 Å². The number of piperazine rings is 1. The first-order valence-corrected chi connectivity index (χ1v) is 8.04. The number of carbonyl (C=O) groups excluding carboxylic acids is 1. The number of anilines is 1. The Kier molecular flexibility index (Phi) is 4.60. The molecule has 0 aliphatic carbocycles. The first kappa shape index (κ1) is 15.5. The Morgan fingerprint density at radius 1 is 1.17 bits per heavy atom. The highest BCUT2D eigenvalue weighted by atomic mass is 16.3. The Morgan fingerprint density at radius 2 is 1.96 bits per heavy atom. The molecule has 6 nitrogen and oxygen atoms in total. The fraction of sp³-hybridized carbons (Fsp3) is 0.471. The van der Waals surface area contributed by atoms with Gasteiger partial charge in [0.15, 0.2) is 11.6 Å². The number of aromatic nitrogens is 2. The molecule has 0 N–H and O–H groups in total. The molecule has 0 bridgehead atoms. The zero-order valence-corrected chi connectivity index (χ0v) is 13.6. The van der Waals surface area contributed by atoms with Crippen LogP contribution in [0, 0.1) is 5.92 Å². The Balaban J connectivity index is 1.58. The Labute approximate surface area is 136 Å². The molecule has 23 heavy (non-hydrogen) atoms. The molecule has 1 aliphatic heterocycles. The van der Waals surface area contributed by atoms with E-state index < -0.39 is 0 Å². The van der Waals surface area contributed by atoms with E-state index >= 15 is 0 Å². The van der Waals surface area contributed by atoms with E-state index in [1.54, 1.807) is 6.26 Å². The van der Waals surface area contributed by atoms with Crippen LogP contribution in [0.1, 0.15) is 20.3 Å². The van der Waals surface area contributed by atoms with Crippen molar-refractivity contribution in [2.24, 2.45) is 5.92 Å². The SMILES string of the molecule is CC(C)CC(=O)N1CCN(c2ccc(-c3ccco3)nn2)CC1. The normalized spacial score (nSPS) is 15.3. The third kappa shape index (κ3) is 3.70. The summed E-state index contributed by atoms with van der Waals surface area (Å²) in [6.45, 7) is 7.21. The number of nitrogens with zero attached hydrogens (tertiary/aromatic N) is 4. The molecule has 2 aromatic heterocycles. The van der Waals surface area contributed by atoms with E-state index in [1.807, 2.05) is 29.2 Å². The van der Waals surface area contributed by atoms with Crippen LogP contribution in [-0.2, 0) is 4.79 Å². The third-order valence-electron chi connectivity index (χ3n) is 3.96. The lowest BCUT2D eigenvalue weighted by atomic mass is 10.1. The van der Waals surface area contributed by atoms with E-state index in [4.69, 9.17) is 4.42 Å². The van der Waals surface area contributed by atoms with E-state index in [0.717, 1.165) is 37.7 Å². The molecule has 0 radical (unpaired) electrons. The van der Waals surface area contributed by atoms with Crippen molar-refractivity contribution in [2.75, 3.05) is 31.1 Å². The van der Waals surface area contributed by atoms with Crippen molar-refractivity contribution in [3.8, 4) is 11.5 Å².